The maximum absolute atomic E-state index is 12.2. The molecule has 0 unspecified atom stereocenters. The number of nitrogens with one attached hydrogen (secondary N) is 2. The van der Waals surface area contributed by atoms with Gasteiger partial charge in [0.05, 0.1) is 0 Å². The van der Waals surface area contributed by atoms with Crippen LogP contribution >= 0.6 is 11.3 Å². The zero-order chi connectivity index (χ0) is 16.2. The Bertz CT molecular complexity index is 673. The molecule has 0 bridgehead atoms. The molecular formula is C15H20N6OS. The van der Waals surface area contributed by atoms with Crippen molar-refractivity contribution in [3.63, 3.8) is 0 Å². The zero-order valence-corrected chi connectivity index (χ0v) is 14.1. The smallest absolute Gasteiger partial charge is 0.317 e. The van der Waals surface area contributed by atoms with Gasteiger partial charge in [0.1, 0.15) is 5.51 Å². The van der Waals surface area contributed by atoms with Crippen molar-refractivity contribution in [3.05, 3.63) is 34.6 Å². The minimum Gasteiger partial charge on any atom is -0.356 e. The van der Waals surface area contributed by atoms with E-state index in [2.05, 4.69) is 25.8 Å². The number of anilines is 1. The number of carbonyl (C=O) groups is 1. The van der Waals surface area contributed by atoms with Gasteiger partial charge in [0.2, 0.25) is 5.13 Å². The molecule has 1 aliphatic rings. The van der Waals surface area contributed by atoms with E-state index in [1.54, 1.807) is 5.51 Å². The molecule has 0 saturated carbocycles. The summed E-state index contributed by atoms with van der Waals surface area (Å²) in [6.45, 7) is 5.93. The molecule has 8 heteroatoms. The largest absolute Gasteiger partial charge is 0.356 e. The maximum atomic E-state index is 12.2. The van der Waals surface area contributed by atoms with E-state index in [0.717, 1.165) is 29.2 Å². The van der Waals surface area contributed by atoms with Crippen LogP contribution in [0.5, 0.6) is 0 Å². The Kier molecular flexibility index (Phi) is 4.71. The molecule has 0 radical (unpaired) electrons. The van der Waals surface area contributed by atoms with E-state index in [1.807, 2.05) is 31.1 Å². The van der Waals surface area contributed by atoms with Crippen LogP contribution in [0.4, 0.5) is 9.93 Å². The fourth-order valence-corrected chi connectivity index (χ4v) is 3.10. The van der Waals surface area contributed by atoms with Gasteiger partial charge in [-0.05, 0) is 37.0 Å². The van der Waals surface area contributed by atoms with E-state index in [1.165, 1.54) is 16.9 Å². The minimum atomic E-state index is -0.0111. The fraction of sp³-hybridized carbons (Fsp3) is 0.467. The Morgan fingerprint density at radius 3 is 3.04 bits per heavy atom. The lowest BCUT2D eigenvalue weighted by Crippen LogP contribution is -2.45. The van der Waals surface area contributed by atoms with Crippen LogP contribution in [0.3, 0.4) is 0 Å². The van der Waals surface area contributed by atoms with Crippen molar-refractivity contribution in [1.82, 2.24) is 25.4 Å². The van der Waals surface area contributed by atoms with Gasteiger partial charge in [-0.25, -0.2) is 4.79 Å². The Hall–Kier alpha value is -2.22. The summed E-state index contributed by atoms with van der Waals surface area (Å²) < 4.78 is 0. The molecule has 7 nitrogen and oxygen atoms in total. The molecule has 122 valence electrons. The van der Waals surface area contributed by atoms with Crippen LogP contribution in [0.1, 0.15) is 30.5 Å². The predicted molar refractivity (Wildman–Crippen MR) is 89.3 cm³/mol. The van der Waals surface area contributed by atoms with E-state index in [0.29, 0.717) is 13.1 Å². The number of rotatable bonds is 4. The van der Waals surface area contributed by atoms with Gasteiger partial charge in [0, 0.05) is 38.1 Å². The molecule has 2 aromatic heterocycles. The van der Waals surface area contributed by atoms with Gasteiger partial charge in [0.25, 0.3) is 0 Å². The van der Waals surface area contributed by atoms with Crippen molar-refractivity contribution in [2.45, 2.75) is 39.4 Å². The summed E-state index contributed by atoms with van der Waals surface area (Å²) in [5.74, 6) is 0. The number of urea groups is 1. The van der Waals surface area contributed by atoms with E-state index in [4.69, 9.17) is 0 Å². The average molecular weight is 332 g/mol. The summed E-state index contributed by atoms with van der Waals surface area (Å²) in [6.07, 6.45) is 4.59. The third-order valence-corrected chi connectivity index (χ3v) is 4.37. The molecule has 0 fully saturated rings. The van der Waals surface area contributed by atoms with Crippen LogP contribution in [0.25, 0.3) is 0 Å². The van der Waals surface area contributed by atoms with Crippen molar-refractivity contribution in [2.24, 2.45) is 0 Å². The molecule has 23 heavy (non-hydrogen) atoms. The molecule has 0 aliphatic carbocycles. The average Bonchev–Trinajstić information content (AvgIpc) is 3.05. The third-order valence-electron chi connectivity index (χ3n) is 3.72. The monoisotopic (exact) mass is 332 g/mol. The standard InChI is InChI=1S/C15H20N6OS/c1-10(2)19-15(22)21-4-3-13-11(5-16-6-12(13)8-21)7-17-14-20-18-9-23-14/h5-6,9-10H,3-4,7-8H2,1-2H3,(H,17,20)(H,19,22). The lowest BCUT2D eigenvalue weighted by Gasteiger charge is -2.30. The van der Waals surface area contributed by atoms with E-state index < -0.39 is 0 Å². The maximum Gasteiger partial charge on any atom is 0.317 e. The number of pyridine rings is 1. The summed E-state index contributed by atoms with van der Waals surface area (Å²) in [5, 5.41) is 14.8. The predicted octanol–water partition coefficient (Wildman–Crippen LogP) is 2.02. The van der Waals surface area contributed by atoms with Crippen LogP contribution in [0.2, 0.25) is 0 Å². The molecule has 1 aliphatic heterocycles. The van der Waals surface area contributed by atoms with Crippen molar-refractivity contribution < 1.29 is 4.79 Å². The number of hydrogen-bond acceptors (Lipinski definition) is 6. The number of carbonyl (C=O) groups excluding carboxylic acids is 1. The molecular weight excluding hydrogens is 312 g/mol. The first-order valence-electron chi connectivity index (χ1n) is 7.63. The van der Waals surface area contributed by atoms with Crippen LogP contribution in [-0.4, -0.2) is 38.7 Å². The van der Waals surface area contributed by atoms with Crippen molar-refractivity contribution in [3.8, 4) is 0 Å². The Morgan fingerprint density at radius 1 is 1.43 bits per heavy atom. The first kappa shape index (κ1) is 15.7. The molecule has 2 N–H and O–H groups in total. The molecule has 0 spiro atoms. The summed E-state index contributed by atoms with van der Waals surface area (Å²) in [4.78, 5) is 18.3. The summed E-state index contributed by atoms with van der Waals surface area (Å²) in [5.41, 5.74) is 5.26. The van der Waals surface area contributed by atoms with Crippen LogP contribution in [-0.2, 0) is 19.5 Å². The Morgan fingerprint density at radius 2 is 2.30 bits per heavy atom. The number of nitrogens with zero attached hydrogens (tertiary/aromatic N) is 4. The second-order valence-corrected chi connectivity index (χ2v) is 6.64. The summed E-state index contributed by atoms with van der Waals surface area (Å²) >= 11 is 1.47. The number of hydrogen-bond donors (Lipinski definition) is 2. The topological polar surface area (TPSA) is 83.0 Å². The second kappa shape index (κ2) is 6.91. The van der Waals surface area contributed by atoms with Gasteiger partial charge < -0.3 is 15.5 Å². The molecule has 0 saturated heterocycles. The second-order valence-electron chi connectivity index (χ2n) is 5.81. The Balaban J connectivity index is 1.69. The van der Waals surface area contributed by atoms with E-state index >= 15 is 0 Å². The highest BCUT2D eigenvalue weighted by Gasteiger charge is 2.23. The van der Waals surface area contributed by atoms with Crippen LogP contribution < -0.4 is 10.6 Å². The van der Waals surface area contributed by atoms with Gasteiger partial charge in [-0.2, -0.15) is 0 Å². The van der Waals surface area contributed by atoms with Gasteiger partial charge in [0.15, 0.2) is 0 Å². The summed E-state index contributed by atoms with van der Waals surface area (Å²) in [7, 11) is 0. The number of fused-ring (bicyclic) bond motifs is 1. The molecule has 0 atom stereocenters. The van der Waals surface area contributed by atoms with Gasteiger partial charge >= 0.3 is 6.03 Å². The van der Waals surface area contributed by atoms with Crippen molar-refractivity contribution in [2.75, 3.05) is 11.9 Å². The highest BCUT2D eigenvalue weighted by Crippen LogP contribution is 2.22. The first-order valence-corrected chi connectivity index (χ1v) is 8.51. The van der Waals surface area contributed by atoms with Gasteiger partial charge in [-0.1, -0.05) is 11.3 Å². The van der Waals surface area contributed by atoms with Crippen molar-refractivity contribution >= 4 is 22.5 Å². The SMILES string of the molecule is CC(C)NC(=O)N1CCc2c(CNc3nncs3)cncc2C1. The highest BCUT2D eigenvalue weighted by molar-refractivity contribution is 7.13. The minimum absolute atomic E-state index is 0.0111. The first-order chi connectivity index (χ1) is 11.1. The van der Waals surface area contributed by atoms with Gasteiger partial charge in [-0.3, -0.25) is 4.98 Å². The highest BCUT2D eigenvalue weighted by atomic mass is 32.1. The fourth-order valence-electron chi connectivity index (χ4n) is 2.65. The number of amides is 2. The third kappa shape index (κ3) is 3.76. The lowest BCUT2D eigenvalue weighted by atomic mass is 9.97. The molecule has 3 heterocycles. The van der Waals surface area contributed by atoms with E-state index in [9.17, 15) is 4.79 Å². The normalized spacial score (nSPS) is 13.8. The van der Waals surface area contributed by atoms with E-state index in [-0.39, 0.29) is 12.1 Å². The quantitative estimate of drug-likeness (QED) is 0.895. The van der Waals surface area contributed by atoms with Crippen LogP contribution in [0.15, 0.2) is 17.9 Å². The zero-order valence-electron chi connectivity index (χ0n) is 13.2. The van der Waals surface area contributed by atoms with Crippen LogP contribution in [0, 0.1) is 0 Å². The molecule has 2 amide bonds. The Labute approximate surface area is 139 Å². The van der Waals surface area contributed by atoms with Crippen molar-refractivity contribution in [1.29, 1.82) is 0 Å². The molecule has 0 aromatic carbocycles. The number of aromatic nitrogens is 3. The van der Waals surface area contributed by atoms with Gasteiger partial charge in [-0.15, -0.1) is 10.2 Å². The lowest BCUT2D eigenvalue weighted by molar-refractivity contribution is 0.189. The summed E-state index contributed by atoms with van der Waals surface area (Å²) in [6, 6.07) is 0.132. The molecule has 2 aromatic rings. The molecule has 3 rings (SSSR count).